The van der Waals surface area contributed by atoms with Gasteiger partial charge in [-0.1, -0.05) is 17.7 Å². The standard InChI is InChI=1S/C18H19ClN2O3/c1-3-24-14-9-7-13(8-10-14)20-17(22)11-18(23)21-16-6-4-5-15(19)12(16)2/h4-10H,3,11H2,1-2H3,(H,20,22)(H,21,23). The van der Waals surface area contributed by atoms with Gasteiger partial charge in [-0.05, 0) is 55.8 Å². The average molecular weight is 347 g/mol. The Labute approximate surface area is 146 Å². The van der Waals surface area contributed by atoms with E-state index in [1.807, 2.05) is 6.92 Å². The van der Waals surface area contributed by atoms with Gasteiger partial charge in [0.25, 0.3) is 0 Å². The zero-order valence-electron chi connectivity index (χ0n) is 13.6. The summed E-state index contributed by atoms with van der Waals surface area (Å²) in [6.07, 6.45) is -0.279. The summed E-state index contributed by atoms with van der Waals surface area (Å²) in [7, 11) is 0. The number of carbonyl (C=O) groups is 2. The monoisotopic (exact) mass is 346 g/mol. The molecule has 6 heteroatoms. The van der Waals surface area contributed by atoms with E-state index in [2.05, 4.69) is 10.6 Å². The van der Waals surface area contributed by atoms with Crippen LogP contribution in [0.15, 0.2) is 42.5 Å². The summed E-state index contributed by atoms with van der Waals surface area (Å²) in [6.45, 7) is 4.28. The molecule has 5 nitrogen and oxygen atoms in total. The summed E-state index contributed by atoms with van der Waals surface area (Å²) in [6, 6.07) is 12.2. The summed E-state index contributed by atoms with van der Waals surface area (Å²) in [4.78, 5) is 23.9. The summed E-state index contributed by atoms with van der Waals surface area (Å²) < 4.78 is 5.33. The topological polar surface area (TPSA) is 67.4 Å². The Bertz CT molecular complexity index is 730. The van der Waals surface area contributed by atoms with E-state index >= 15 is 0 Å². The van der Waals surface area contributed by atoms with Gasteiger partial charge in [0.1, 0.15) is 12.2 Å². The molecule has 2 aromatic rings. The van der Waals surface area contributed by atoms with Crippen molar-refractivity contribution in [3.8, 4) is 5.75 Å². The third-order valence-corrected chi connectivity index (χ3v) is 3.72. The first-order valence-electron chi connectivity index (χ1n) is 7.57. The van der Waals surface area contributed by atoms with Gasteiger partial charge in [-0.2, -0.15) is 0 Å². The van der Waals surface area contributed by atoms with Crippen LogP contribution in [0.3, 0.4) is 0 Å². The maximum Gasteiger partial charge on any atom is 0.233 e. The molecular weight excluding hydrogens is 328 g/mol. The van der Waals surface area contributed by atoms with E-state index in [0.717, 1.165) is 11.3 Å². The molecule has 2 aromatic carbocycles. The number of amides is 2. The van der Waals surface area contributed by atoms with E-state index in [-0.39, 0.29) is 6.42 Å². The molecule has 0 spiro atoms. The fourth-order valence-corrected chi connectivity index (χ4v) is 2.26. The van der Waals surface area contributed by atoms with E-state index in [4.69, 9.17) is 16.3 Å². The molecule has 0 radical (unpaired) electrons. The Kier molecular flexibility index (Phi) is 6.21. The zero-order valence-corrected chi connectivity index (χ0v) is 14.3. The molecule has 0 aliphatic rings. The van der Waals surface area contributed by atoms with Crippen molar-refractivity contribution in [3.63, 3.8) is 0 Å². The van der Waals surface area contributed by atoms with Crippen LogP contribution in [-0.4, -0.2) is 18.4 Å². The van der Waals surface area contributed by atoms with Crippen molar-refractivity contribution in [1.82, 2.24) is 0 Å². The number of hydrogen-bond donors (Lipinski definition) is 2. The van der Waals surface area contributed by atoms with Crippen molar-refractivity contribution in [2.24, 2.45) is 0 Å². The van der Waals surface area contributed by atoms with Gasteiger partial charge in [0.2, 0.25) is 11.8 Å². The number of carbonyl (C=O) groups excluding carboxylic acids is 2. The minimum absolute atomic E-state index is 0.279. The lowest BCUT2D eigenvalue weighted by atomic mass is 10.2. The van der Waals surface area contributed by atoms with Gasteiger partial charge < -0.3 is 15.4 Å². The first kappa shape index (κ1) is 17.8. The maximum atomic E-state index is 12.0. The lowest BCUT2D eigenvalue weighted by Crippen LogP contribution is -2.21. The van der Waals surface area contributed by atoms with Crippen molar-refractivity contribution in [3.05, 3.63) is 53.1 Å². The van der Waals surface area contributed by atoms with Gasteiger partial charge in [0.15, 0.2) is 0 Å². The fraction of sp³-hybridized carbons (Fsp3) is 0.222. The Balaban J connectivity index is 1.89. The molecule has 24 heavy (non-hydrogen) atoms. The highest BCUT2D eigenvalue weighted by molar-refractivity contribution is 6.31. The number of rotatable bonds is 6. The van der Waals surface area contributed by atoms with Crippen LogP contribution in [0.1, 0.15) is 18.9 Å². The molecule has 0 aliphatic heterocycles. The van der Waals surface area contributed by atoms with Gasteiger partial charge in [0.05, 0.1) is 6.61 Å². The van der Waals surface area contributed by atoms with E-state index in [9.17, 15) is 9.59 Å². The van der Waals surface area contributed by atoms with Crippen LogP contribution in [0, 0.1) is 6.92 Å². The Hall–Kier alpha value is -2.53. The molecule has 0 atom stereocenters. The first-order valence-corrected chi connectivity index (χ1v) is 7.95. The molecular formula is C18H19ClN2O3. The molecule has 2 amide bonds. The molecule has 2 N–H and O–H groups in total. The van der Waals surface area contributed by atoms with Crippen LogP contribution in [0.5, 0.6) is 5.75 Å². The second-order valence-electron chi connectivity index (χ2n) is 5.14. The maximum absolute atomic E-state index is 12.0. The molecule has 2 rings (SSSR count). The first-order chi connectivity index (χ1) is 11.5. The van der Waals surface area contributed by atoms with Crippen molar-refractivity contribution in [2.75, 3.05) is 17.2 Å². The van der Waals surface area contributed by atoms with E-state index < -0.39 is 11.8 Å². The number of ether oxygens (including phenoxy) is 1. The molecule has 0 fully saturated rings. The van der Waals surface area contributed by atoms with Crippen LogP contribution in [-0.2, 0) is 9.59 Å². The largest absolute Gasteiger partial charge is 0.494 e. The summed E-state index contributed by atoms with van der Waals surface area (Å²) in [5, 5.41) is 5.92. The van der Waals surface area contributed by atoms with Crippen LogP contribution < -0.4 is 15.4 Å². The zero-order chi connectivity index (χ0) is 17.5. The molecule has 0 aromatic heterocycles. The van der Waals surface area contributed by atoms with Gasteiger partial charge in [-0.25, -0.2) is 0 Å². The second-order valence-corrected chi connectivity index (χ2v) is 5.55. The van der Waals surface area contributed by atoms with Crippen LogP contribution in [0.25, 0.3) is 0 Å². The number of benzene rings is 2. The highest BCUT2D eigenvalue weighted by Gasteiger charge is 2.12. The summed E-state index contributed by atoms with van der Waals surface area (Å²) >= 11 is 6.00. The normalized spacial score (nSPS) is 10.1. The third-order valence-electron chi connectivity index (χ3n) is 3.31. The molecule has 0 saturated carbocycles. The van der Waals surface area contributed by atoms with Crippen molar-refractivity contribution in [2.45, 2.75) is 20.3 Å². The molecule has 0 bridgehead atoms. The minimum atomic E-state index is -0.399. The highest BCUT2D eigenvalue weighted by atomic mass is 35.5. The van der Waals surface area contributed by atoms with Crippen molar-refractivity contribution < 1.29 is 14.3 Å². The number of hydrogen-bond acceptors (Lipinski definition) is 3. The lowest BCUT2D eigenvalue weighted by Gasteiger charge is -2.10. The molecule has 0 heterocycles. The second kappa shape index (κ2) is 8.36. The van der Waals surface area contributed by atoms with Gasteiger partial charge in [-0.3, -0.25) is 9.59 Å². The average Bonchev–Trinajstić information content (AvgIpc) is 2.54. The predicted molar refractivity (Wildman–Crippen MR) is 95.7 cm³/mol. The highest BCUT2D eigenvalue weighted by Crippen LogP contribution is 2.23. The molecule has 126 valence electrons. The number of nitrogens with one attached hydrogen (secondary N) is 2. The summed E-state index contributed by atoms with van der Waals surface area (Å²) in [5.41, 5.74) is 1.97. The molecule has 0 unspecified atom stereocenters. The quantitative estimate of drug-likeness (QED) is 0.776. The van der Waals surface area contributed by atoms with Crippen molar-refractivity contribution in [1.29, 1.82) is 0 Å². The van der Waals surface area contributed by atoms with Gasteiger partial charge >= 0.3 is 0 Å². The van der Waals surface area contributed by atoms with Crippen LogP contribution >= 0.6 is 11.6 Å². The lowest BCUT2D eigenvalue weighted by molar-refractivity contribution is -0.123. The molecule has 0 aliphatic carbocycles. The summed E-state index contributed by atoms with van der Waals surface area (Å²) in [5.74, 6) is -0.0650. The fourth-order valence-electron chi connectivity index (χ4n) is 2.09. The van der Waals surface area contributed by atoms with Gasteiger partial charge in [0, 0.05) is 16.4 Å². The SMILES string of the molecule is CCOc1ccc(NC(=O)CC(=O)Nc2cccc(Cl)c2C)cc1. The number of anilines is 2. The van der Waals surface area contributed by atoms with E-state index in [1.54, 1.807) is 49.4 Å². The van der Waals surface area contributed by atoms with E-state index in [1.165, 1.54) is 0 Å². The predicted octanol–water partition coefficient (Wildman–Crippen LogP) is 4.01. The van der Waals surface area contributed by atoms with Gasteiger partial charge in [-0.15, -0.1) is 0 Å². The smallest absolute Gasteiger partial charge is 0.233 e. The Morgan fingerprint density at radius 2 is 1.71 bits per heavy atom. The third kappa shape index (κ3) is 4.99. The Morgan fingerprint density at radius 1 is 1.04 bits per heavy atom. The van der Waals surface area contributed by atoms with Crippen LogP contribution in [0.4, 0.5) is 11.4 Å². The molecule has 0 saturated heterocycles. The number of halogens is 1. The van der Waals surface area contributed by atoms with Crippen LogP contribution in [0.2, 0.25) is 5.02 Å². The van der Waals surface area contributed by atoms with Crippen molar-refractivity contribution >= 4 is 34.8 Å². The van der Waals surface area contributed by atoms with E-state index in [0.29, 0.717) is 23.0 Å². The minimum Gasteiger partial charge on any atom is -0.494 e. The Morgan fingerprint density at radius 3 is 2.38 bits per heavy atom.